The van der Waals surface area contributed by atoms with Crippen LogP contribution >= 0.6 is 0 Å². The van der Waals surface area contributed by atoms with Crippen molar-refractivity contribution >= 4 is 5.78 Å². The standard InChI is InChI=1S/C14H20O2/c1-9(2)10-5-6-16-12-8-14(3,4)7-11(15)13(10)12/h5-6,9-10H,7-8H2,1-4H3. The first-order chi connectivity index (χ1) is 7.41. The van der Waals surface area contributed by atoms with Gasteiger partial charge in [0.05, 0.1) is 6.26 Å². The molecule has 2 rings (SSSR count). The third kappa shape index (κ3) is 1.93. The van der Waals surface area contributed by atoms with Crippen LogP contribution in [0, 0.1) is 17.3 Å². The minimum atomic E-state index is 0.0443. The summed E-state index contributed by atoms with van der Waals surface area (Å²) in [6, 6.07) is 0. The third-order valence-corrected chi connectivity index (χ3v) is 3.43. The molecule has 1 atom stereocenters. The van der Waals surface area contributed by atoms with Crippen molar-refractivity contribution in [2.24, 2.45) is 17.3 Å². The van der Waals surface area contributed by atoms with Crippen molar-refractivity contribution in [2.75, 3.05) is 0 Å². The summed E-state index contributed by atoms with van der Waals surface area (Å²) in [6.07, 6.45) is 5.28. The van der Waals surface area contributed by atoms with Gasteiger partial charge in [0, 0.05) is 24.3 Å². The smallest absolute Gasteiger partial charge is 0.163 e. The molecule has 0 N–H and O–H groups in total. The number of Topliss-reactive ketones (excluding diaryl/α,β-unsaturated/α-hetero) is 1. The van der Waals surface area contributed by atoms with Gasteiger partial charge in [-0.3, -0.25) is 4.79 Å². The Labute approximate surface area is 97.4 Å². The van der Waals surface area contributed by atoms with E-state index in [4.69, 9.17) is 4.74 Å². The molecule has 1 heterocycles. The average molecular weight is 220 g/mol. The zero-order chi connectivity index (χ0) is 11.9. The maximum atomic E-state index is 12.2. The number of hydrogen-bond acceptors (Lipinski definition) is 2. The van der Waals surface area contributed by atoms with Gasteiger partial charge in [0.15, 0.2) is 5.78 Å². The normalized spacial score (nSPS) is 28.1. The second-order valence-corrected chi connectivity index (χ2v) is 5.99. The van der Waals surface area contributed by atoms with Gasteiger partial charge in [0.25, 0.3) is 0 Å². The van der Waals surface area contributed by atoms with Gasteiger partial charge >= 0.3 is 0 Å². The zero-order valence-corrected chi connectivity index (χ0v) is 10.5. The van der Waals surface area contributed by atoms with Crippen LogP contribution < -0.4 is 0 Å². The minimum absolute atomic E-state index is 0.0443. The van der Waals surface area contributed by atoms with Crippen molar-refractivity contribution in [3.8, 4) is 0 Å². The predicted molar refractivity (Wildman–Crippen MR) is 63.6 cm³/mol. The third-order valence-electron chi connectivity index (χ3n) is 3.43. The van der Waals surface area contributed by atoms with Gasteiger partial charge in [0.1, 0.15) is 5.76 Å². The van der Waals surface area contributed by atoms with Gasteiger partial charge in [-0.1, -0.05) is 27.7 Å². The fourth-order valence-corrected chi connectivity index (χ4v) is 2.61. The van der Waals surface area contributed by atoms with Gasteiger partial charge in [-0.05, 0) is 17.4 Å². The van der Waals surface area contributed by atoms with Crippen LogP contribution in [-0.2, 0) is 9.53 Å². The molecule has 0 saturated carbocycles. The molecule has 0 radical (unpaired) electrons. The summed E-state index contributed by atoms with van der Waals surface area (Å²) in [5, 5.41) is 0. The molecule has 0 aromatic heterocycles. The molecule has 0 amide bonds. The van der Waals surface area contributed by atoms with Gasteiger partial charge in [-0.2, -0.15) is 0 Å². The molecule has 2 heteroatoms. The van der Waals surface area contributed by atoms with Crippen molar-refractivity contribution in [3.63, 3.8) is 0 Å². The highest BCUT2D eigenvalue weighted by molar-refractivity contribution is 5.98. The van der Waals surface area contributed by atoms with Gasteiger partial charge < -0.3 is 4.74 Å². The van der Waals surface area contributed by atoms with Gasteiger partial charge in [-0.25, -0.2) is 0 Å². The lowest BCUT2D eigenvalue weighted by molar-refractivity contribution is -0.119. The molecule has 16 heavy (non-hydrogen) atoms. The SMILES string of the molecule is CC(C)C1C=COC2=C1C(=O)CC(C)(C)C2. The second-order valence-electron chi connectivity index (χ2n) is 5.99. The molecule has 2 aliphatic rings. The van der Waals surface area contributed by atoms with E-state index in [-0.39, 0.29) is 17.1 Å². The first kappa shape index (κ1) is 11.4. The lowest BCUT2D eigenvalue weighted by atomic mass is 9.71. The van der Waals surface area contributed by atoms with Crippen LogP contribution in [0.4, 0.5) is 0 Å². The van der Waals surface area contributed by atoms with Crippen molar-refractivity contribution in [1.82, 2.24) is 0 Å². The average Bonchev–Trinajstić information content (AvgIpc) is 2.14. The summed E-state index contributed by atoms with van der Waals surface area (Å²) >= 11 is 0. The molecule has 0 bridgehead atoms. The van der Waals surface area contributed by atoms with Crippen molar-refractivity contribution in [2.45, 2.75) is 40.5 Å². The van der Waals surface area contributed by atoms with E-state index in [1.165, 1.54) is 0 Å². The van der Waals surface area contributed by atoms with Crippen LogP contribution in [-0.4, -0.2) is 5.78 Å². The molecule has 0 aromatic rings. The number of rotatable bonds is 1. The van der Waals surface area contributed by atoms with E-state index in [1.54, 1.807) is 6.26 Å². The number of carbonyl (C=O) groups is 1. The quantitative estimate of drug-likeness (QED) is 0.676. The number of allylic oxidation sites excluding steroid dienone is 3. The van der Waals surface area contributed by atoms with Crippen LogP contribution in [0.2, 0.25) is 0 Å². The van der Waals surface area contributed by atoms with Crippen molar-refractivity contribution in [1.29, 1.82) is 0 Å². The summed E-state index contributed by atoms with van der Waals surface area (Å²) < 4.78 is 5.55. The largest absolute Gasteiger partial charge is 0.469 e. The zero-order valence-electron chi connectivity index (χ0n) is 10.5. The first-order valence-corrected chi connectivity index (χ1v) is 6.00. The fourth-order valence-electron chi connectivity index (χ4n) is 2.61. The summed E-state index contributed by atoms with van der Waals surface area (Å²) in [7, 11) is 0. The van der Waals surface area contributed by atoms with E-state index in [0.29, 0.717) is 12.3 Å². The van der Waals surface area contributed by atoms with E-state index < -0.39 is 0 Å². The molecular formula is C14H20O2. The molecule has 88 valence electrons. The van der Waals surface area contributed by atoms with E-state index in [2.05, 4.69) is 27.7 Å². The molecule has 1 aliphatic heterocycles. The summed E-state index contributed by atoms with van der Waals surface area (Å²) in [5.74, 6) is 1.87. The second kappa shape index (κ2) is 3.76. The van der Waals surface area contributed by atoms with E-state index in [1.807, 2.05) is 6.08 Å². The molecule has 0 fully saturated rings. The highest BCUT2D eigenvalue weighted by Gasteiger charge is 2.38. The Hall–Kier alpha value is -1.05. The Kier molecular flexibility index (Phi) is 2.69. The van der Waals surface area contributed by atoms with E-state index in [0.717, 1.165) is 17.8 Å². The maximum absolute atomic E-state index is 12.2. The molecule has 1 unspecified atom stereocenters. The maximum Gasteiger partial charge on any atom is 0.163 e. The summed E-state index contributed by atoms with van der Waals surface area (Å²) in [5.41, 5.74) is 0.972. The Morgan fingerprint density at radius 2 is 2.06 bits per heavy atom. The highest BCUT2D eigenvalue weighted by Crippen LogP contribution is 2.43. The summed E-state index contributed by atoms with van der Waals surface area (Å²) in [6.45, 7) is 8.55. The fraction of sp³-hybridized carbons (Fsp3) is 0.643. The predicted octanol–water partition coefficient (Wildman–Crippen LogP) is 3.45. The van der Waals surface area contributed by atoms with E-state index >= 15 is 0 Å². The topological polar surface area (TPSA) is 26.3 Å². The molecule has 0 spiro atoms. The highest BCUT2D eigenvalue weighted by atomic mass is 16.5. The number of ketones is 1. The lowest BCUT2D eigenvalue weighted by Crippen LogP contribution is -2.31. The van der Waals surface area contributed by atoms with Gasteiger partial charge in [-0.15, -0.1) is 0 Å². The van der Waals surface area contributed by atoms with Crippen LogP contribution in [0.25, 0.3) is 0 Å². The number of ether oxygens (including phenoxy) is 1. The lowest BCUT2D eigenvalue weighted by Gasteiger charge is -2.36. The Morgan fingerprint density at radius 3 is 2.69 bits per heavy atom. The van der Waals surface area contributed by atoms with Crippen LogP contribution in [0.3, 0.4) is 0 Å². The van der Waals surface area contributed by atoms with Crippen LogP contribution in [0.15, 0.2) is 23.7 Å². The monoisotopic (exact) mass is 220 g/mol. The van der Waals surface area contributed by atoms with E-state index in [9.17, 15) is 4.79 Å². The first-order valence-electron chi connectivity index (χ1n) is 6.00. The molecule has 2 nitrogen and oxygen atoms in total. The van der Waals surface area contributed by atoms with Crippen molar-refractivity contribution < 1.29 is 9.53 Å². The number of carbonyl (C=O) groups excluding carboxylic acids is 1. The molecule has 0 saturated heterocycles. The Balaban J connectivity index is 2.38. The van der Waals surface area contributed by atoms with Gasteiger partial charge in [0.2, 0.25) is 0 Å². The summed E-state index contributed by atoms with van der Waals surface area (Å²) in [4.78, 5) is 12.2. The Morgan fingerprint density at radius 1 is 1.38 bits per heavy atom. The minimum Gasteiger partial charge on any atom is -0.469 e. The molecule has 0 aromatic carbocycles. The molecule has 1 aliphatic carbocycles. The van der Waals surface area contributed by atoms with Crippen LogP contribution in [0.1, 0.15) is 40.5 Å². The van der Waals surface area contributed by atoms with Crippen LogP contribution in [0.5, 0.6) is 0 Å². The van der Waals surface area contributed by atoms with Crippen molar-refractivity contribution in [3.05, 3.63) is 23.7 Å². The number of hydrogen-bond donors (Lipinski definition) is 0. The Bertz CT molecular complexity index is 372. The molecular weight excluding hydrogens is 200 g/mol.